The second-order valence-corrected chi connectivity index (χ2v) is 9.01. The van der Waals surface area contributed by atoms with E-state index in [1.165, 1.54) is 32.4 Å². The first-order valence-corrected chi connectivity index (χ1v) is 11.1. The van der Waals surface area contributed by atoms with Crippen molar-refractivity contribution in [1.82, 2.24) is 0 Å². The molecule has 0 bridgehead atoms. The third-order valence-electron chi connectivity index (χ3n) is 6.34. The summed E-state index contributed by atoms with van der Waals surface area (Å²) in [5.74, 6) is 1.18. The summed E-state index contributed by atoms with van der Waals surface area (Å²) < 4.78 is 14.4. The van der Waals surface area contributed by atoms with Crippen LogP contribution in [-0.4, -0.2) is 13.3 Å². The molecule has 164 valence electrons. The molecule has 2 aromatic carbocycles. The average molecular weight is 413 g/mol. The molecule has 4 heteroatoms. The Morgan fingerprint density at radius 3 is 2.07 bits per heavy atom. The van der Waals surface area contributed by atoms with Gasteiger partial charge in [0.1, 0.15) is 12.1 Å². The summed E-state index contributed by atoms with van der Waals surface area (Å²) in [5.41, 5.74) is 14.0. The lowest BCUT2D eigenvalue weighted by Crippen LogP contribution is -2.19. The molecule has 0 amide bonds. The second kappa shape index (κ2) is 10.7. The molecule has 4 N–H and O–H groups in total. The fourth-order valence-corrected chi connectivity index (χ4v) is 3.75. The van der Waals surface area contributed by atoms with Crippen molar-refractivity contribution in [3.63, 3.8) is 0 Å². The summed E-state index contributed by atoms with van der Waals surface area (Å²) in [6.45, 7) is 6.05. The highest BCUT2D eigenvalue weighted by Crippen LogP contribution is 2.44. The minimum Gasteiger partial charge on any atom is -0.398 e. The number of halogens is 1. The molecule has 0 unspecified atom stereocenters. The van der Waals surface area contributed by atoms with Crippen LogP contribution in [0, 0.1) is 11.7 Å². The van der Waals surface area contributed by atoms with E-state index in [9.17, 15) is 9.18 Å². The van der Waals surface area contributed by atoms with Gasteiger partial charge in [-0.2, -0.15) is 0 Å². The zero-order valence-electron chi connectivity index (χ0n) is 18.9. The van der Waals surface area contributed by atoms with Crippen molar-refractivity contribution in [2.24, 2.45) is 11.7 Å². The van der Waals surface area contributed by atoms with Crippen LogP contribution in [0.25, 0.3) is 11.1 Å². The van der Waals surface area contributed by atoms with Crippen LogP contribution in [0.3, 0.4) is 0 Å². The van der Waals surface area contributed by atoms with Gasteiger partial charge in [0.15, 0.2) is 0 Å². The molecule has 0 saturated heterocycles. The lowest BCUT2D eigenvalue weighted by atomic mass is 9.76. The molecule has 0 heterocycles. The van der Waals surface area contributed by atoms with Crippen molar-refractivity contribution < 1.29 is 9.18 Å². The summed E-state index contributed by atoms with van der Waals surface area (Å²) in [4.78, 5) is 11.4. The van der Waals surface area contributed by atoms with Crippen LogP contribution in [0.1, 0.15) is 76.3 Å². The van der Waals surface area contributed by atoms with Gasteiger partial charge in [-0.1, -0.05) is 50.8 Å². The number of hydrogen-bond donors (Lipinski definition) is 2. The third kappa shape index (κ3) is 5.48. The quantitative estimate of drug-likeness (QED) is 0.464. The van der Waals surface area contributed by atoms with Crippen LogP contribution >= 0.6 is 0 Å². The lowest BCUT2D eigenvalue weighted by molar-refractivity contribution is -0.111. The highest BCUT2D eigenvalue weighted by molar-refractivity contribution is 5.81. The Kier molecular flexibility index (Phi) is 8.60. The molecule has 2 saturated carbocycles. The first-order valence-electron chi connectivity index (χ1n) is 11.1. The summed E-state index contributed by atoms with van der Waals surface area (Å²) in [5, 5.41) is 0. The van der Waals surface area contributed by atoms with E-state index in [1.807, 2.05) is 38.1 Å². The molecule has 2 fully saturated rings. The van der Waals surface area contributed by atoms with Crippen LogP contribution in [-0.2, 0) is 10.2 Å². The molecule has 3 nitrogen and oxygen atoms in total. The van der Waals surface area contributed by atoms with E-state index in [-0.39, 0.29) is 11.7 Å². The van der Waals surface area contributed by atoms with Crippen molar-refractivity contribution >= 4 is 12.0 Å². The smallest absolute Gasteiger partial charge is 0.129 e. The molecule has 2 aromatic rings. The fraction of sp³-hybridized carbons (Fsp3) is 0.500. The molecule has 0 spiro atoms. The molecular formula is C26H37FN2O. The summed E-state index contributed by atoms with van der Waals surface area (Å²) in [6.07, 6.45) is 8.58. The average Bonchev–Trinajstić information content (AvgIpc) is 2.69. The van der Waals surface area contributed by atoms with Crippen LogP contribution in [0.4, 0.5) is 10.1 Å². The van der Waals surface area contributed by atoms with E-state index >= 15 is 0 Å². The standard InChI is InChI=1S/C20H22FNO.C5H10.CH5N/c1-20(2,12-23)14-9-10-18(22)16(11-14)15-7-4-8-17(21)19(15)13-5-3-6-13;1-5-3-2-4-5;1-2/h4,7-13H,3,5-6,22H2,1-2H3;5H,2-4H2,1H3;2H2,1H3. The van der Waals surface area contributed by atoms with Gasteiger partial charge in [-0.15, -0.1) is 0 Å². The molecule has 0 aromatic heterocycles. The van der Waals surface area contributed by atoms with Crippen molar-refractivity contribution in [3.8, 4) is 11.1 Å². The highest BCUT2D eigenvalue weighted by atomic mass is 19.1. The van der Waals surface area contributed by atoms with Crippen molar-refractivity contribution in [1.29, 1.82) is 0 Å². The zero-order chi connectivity index (χ0) is 22.3. The Bertz CT molecular complexity index is 839. The van der Waals surface area contributed by atoms with E-state index in [4.69, 9.17) is 5.73 Å². The Hall–Kier alpha value is -2.20. The van der Waals surface area contributed by atoms with E-state index in [0.29, 0.717) is 5.69 Å². The maximum Gasteiger partial charge on any atom is 0.129 e. The number of nitrogen functional groups attached to an aromatic ring is 1. The van der Waals surface area contributed by atoms with Gasteiger partial charge in [-0.05, 0) is 80.5 Å². The predicted octanol–water partition coefficient (Wildman–Crippen LogP) is 6.20. The maximum atomic E-state index is 14.4. The van der Waals surface area contributed by atoms with Crippen molar-refractivity contribution in [3.05, 3.63) is 53.3 Å². The largest absolute Gasteiger partial charge is 0.398 e. The maximum absolute atomic E-state index is 14.4. The van der Waals surface area contributed by atoms with Gasteiger partial charge >= 0.3 is 0 Å². The van der Waals surface area contributed by atoms with Gasteiger partial charge in [0.2, 0.25) is 0 Å². The van der Waals surface area contributed by atoms with Crippen LogP contribution in [0.15, 0.2) is 36.4 Å². The Morgan fingerprint density at radius 2 is 1.60 bits per heavy atom. The fourth-order valence-electron chi connectivity index (χ4n) is 3.75. The van der Waals surface area contributed by atoms with E-state index in [0.717, 1.165) is 53.7 Å². The minimum atomic E-state index is -0.591. The van der Waals surface area contributed by atoms with Crippen LogP contribution < -0.4 is 11.5 Å². The number of aldehydes is 1. The molecule has 2 aliphatic rings. The van der Waals surface area contributed by atoms with E-state index in [1.54, 1.807) is 6.07 Å². The number of rotatable bonds is 4. The number of benzene rings is 2. The van der Waals surface area contributed by atoms with Gasteiger partial charge in [0.05, 0.1) is 0 Å². The van der Waals surface area contributed by atoms with E-state index < -0.39 is 5.41 Å². The lowest BCUT2D eigenvalue weighted by Gasteiger charge is -2.29. The molecule has 4 rings (SSSR count). The monoisotopic (exact) mass is 412 g/mol. The Morgan fingerprint density at radius 1 is 1.00 bits per heavy atom. The SMILES string of the molecule is CC(C)(C=O)c1ccc(N)c(-c2cccc(F)c2C2CCC2)c1.CC1CCC1.CN. The summed E-state index contributed by atoms with van der Waals surface area (Å²) in [6, 6.07) is 10.8. The van der Waals surface area contributed by atoms with Gasteiger partial charge in [0.25, 0.3) is 0 Å². The number of carbonyl (C=O) groups excluding carboxylic acids is 1. The minimum absolute atomic E-state index is 0.161. The molecule has 30 heavy (non-hydrogen) atoms. The normalized spacial score (nSPS) is 16.2. The first-order chi connectivity index (χ1) is 14.3. The molecule has 2 aliphatic carbocycles. The molecular weight excluding hydrogens is 375 g/mol. The molecule has 0 radical (unpaired) electrons. The van der Waals surface area contributed by atoms with E-state index in [2.05, 4.69) is 12.7 Å². The number of carbonyl (C=O) groups is 1. The highest BCUT2D eigenvalue weighted by Gasteiger charge is 2.27. The second-order valence-electron chi connectivity index (χ2n) is 9.01. The van der Waals surface area contributed by atoms with Gasteiger partial charge in [-0.3, -0.25) is 0 Å². The Labute approximate surface area is 181 Å². The third-order valence-corrected chi connectivity index (χ3v) is 6.34. The van der Waals surface area contributed by atoms with Gasteiger partial charge in [-0.25, -0.2) is 4.39 Å². The number of hydrogen-bond acceptors (Lipinski definition) is 3. The molecule has 0 atom stereocenters. The zero-order valence-corrected chi connectivity index (χ0v) is 18.9. The topological polar surface area (TPSA) is 69.1 Å². The summed E-state index contributed by atoms with van der Waals surface area (Å²) >= 11 is 0. The predicted molar refractivity (Wildman–Crippen MR) is 125 cm³/mol. The van der Waals surface area contributed by atoms with Crippen LogP contribution in [0.5, 0.6) is 0 Å². The summed E-state index contributed by atoms with van der Waals surface area (Å²) in [7, 11) is 1.50. The van der Waals surface area contributed by atoms with Crippen molar-refractivity contribution in [2.75, 3.05) is 12.8 Å². The van der Waals surface area contributed by atoms with Gasteiger partial charge in [0, 0.05) is 16.7 Å². The number of anilines is 1. The van der Waals surface area contributed by atoms with Crippen molar-refractivity contribution in [2.45, 2.75) is 70.6 Å². The van der Waals surface area contributed by atoms with Gasteiger partial charge < -0.3 is 16.3 Å². The molecule has 0 aliphatic heterocycles. The Balaban J connectivity index is 0.000000393. The van der Waals surface area contributed by atoms with Crippen LogP contribution in [0.2, 0.25) is 0 Å². The first kappa shape index (κ1) is 24.1. The number of nitrogens with two attached hydrogens (primary N) is 2.